The Balaban J connectivity index is 1.93. The third kappa shape index (κ3) is 4.06. The fourth-order valence-electron chi connectivity index (χ4n) is 2.52. The summed E-state index contributed by atoms with van der Waals surface area (Å²) in [4.78, 5) is 29.8. The van der Waals surface area contributed by atoms with Gasteiger partial charge in [-0.05, 0) is 43.3 Å². The Hall–Kier alpha value is -2.37. The second-order valence-corrected chi connectivity index (χ2v) is 7.36. The first-order valence-corrected chi connectivity index (χ1v) is 9.37. The van der Waals surface area contributed by atoms with Crippen molar-refractivity contribution in [1.29, 1.82) is 0 Å². The number of aromatic nitrogens is 2. The molecule has 3 aromatic rings. The Kier molecular flexibility index (Phi) is 5.59. The van der Waals surface area contributed by atoms with E-state index in [1.807, 2.05) is 19.1 Å². The molecule has 0 radical (unpaired) electrons. The Bertz CT molecular complexity index is 1040. The van der Waals surface area contributed by atoms with Crippen LogP contribution in [0, 0.1) is 0 Å². The summed E-state index contributed by atoms with van der Waals surface area (Å²) in [5.74, 6) is 0.138. The van der Waals surface area contributed by atoms with Crippen molar-refractivity contribution in [3.63, 3.8) is 0 Å². The van der Waals surface area contributed by atoms with Gasteiger partial charge in [0, 0.05) is 17.1 Å². The van der Waals surface area contributed by atoms with Crippen molar-refractivity contribution in [2.24, 2.45) is 0 Å². The Morgan fingerprint density at radius 3 is 2.58 bits per heavy atom. The molecule has 0 saturated carbocycles. The highest BCUT2D eigenvalue weighted by atomic mass is 35.5. The van der Waals surface area contributed by atoms with Gasteiger partial charge in [-0.1, -0.05) is 47.6 Å². The molecule has 0 aliphatic heterocycles. The number of carbonyl (C=O) groups is 1. The summed E-state index contributed by atoms with van der Waals surface area (Å²) in [6, 6.07) is 14.0. The number of hydrogen-bond donors (Lipinski definition) is 0. The van der Waals surface area contributed by atoms with Crippen LogP contribution in [0.5, 0.6) is 0 Å². The van der Waals surface area contributed by atoms with Gasteiger partial charge in [0.25, 0.3) is 5.56 Å². The zero-order chi connectivity index (χ0) is 18.7. The highest BCUT2D eigenvalue weighted by molar-refractivity contribution is 7.99. The number of allylic oxidation sites excluding steroid dienone is 1. The molecular weight excluding hydrogens is 368 g/mol. The normalized spacial score (nSPS) is 10.8. The second-order valence-electron chi connectivity index (χ2n) is 5.98. The molecular formula is C20H17ClN2O2S. The van der Waals surface area contributed by atoms with Crippen LogP contribution < -0.4 is 5.56 Å². The smallest absolute Gasteiger partial charge is 0.262 e. The van der Waals surface area contributed by atoms with Crippen molar-refractivity contribution in [3.8, 4) is 0 Å². The summed E-state index contributed by atoms with van der Waals surface area (Å²) in [7, 11) is 0. The van der Waals surface area contributed by atoms with E-state index in [0.29, 0.717) is 33.2 Å². The fraction of sp³-hybridized carbons (Fsp3) is 0.150. The maximum absolute atomic E-state index is 12.8. The summed E-state index contributed by atoms with van der Waals surface area (Å²) in [5, 5.41) is 1.65. The van der Waals surface area contributed by atoms with Gasteiger partial charge in [0.2, 0.25) is 0 Å². The summed E-state index contributed by atoms with van der Waals surface area (Å²) in [5.41, 5.74) is 1.92. The molecule has 0 unspecified atom stereocenters. The molecule has 0 amide bonds. The van der Waals surface area contributed by atoms with Crippen LogP contribution in [0.25, 0.3) is 10.9 Å². The second kappa shape index (κ2) is 7.89. The number of ketones is 1. The van der Waals surface area contributed by atoms with E-state index in [1.165, 1.54) is 11.8 Å². The lowest BCUT2D eigenvalue weighted by Gasteiger charge is -2.12. The number of benzene rings is 2. The number of carbonyl (C=O) groups excluding carboxylic acids is 1. The summed E-state index contributed by atoms with van der Waals surface area (Å²) in [6.07, 6.45) is 0. The van der Waals surface area contributed by atoms with Crippen LogP contribution in [0.4, 0.5) is 0 Å². The van der Waals surface area contributed by atoms with Crippen LogP contribution in [-0.4, -0.2) is 21.1 Å². The van der Waals surface area contributed by atoms with Crippen LogP contribution in [0.15, 0.2) is 70.6 Å². The monoisotopic (exact) mass is 384 g/mol. The molecule has 0 saturated heterocycles. The molecule has 0 aliphatic carbocycles. The number of Topliss-reactive ketones (excluding diaryl/α,β-unsaturated/α-hetero) is 1. The number of halogens is 1. The van der Waals surface area contributed by atoms with Crippen molar-refractivity contribution < 1.29 is 4.79 Å². The van der Waals surface area contributed by atoms with E-state index in [1.54, 1.807) is 41.0 Å². The van der Waals surface area contributed by atoms with E-state index in [4.69, 9.17) is 11.6 Å². The Morgan fingerprint density at radius 1 is 1.19 bits per heavy atom. The molecule has 0 N–H and O–H groups in total. The average molecular weight is 385 g/mol. The minimum absolute atomic E-state index is 0.0454. The first-order chi connectivity index (χ1) is 12.5. The first-order valence-electron chi connectivity index (χ1n) is 8.01. The lowest BCUT2D eigenvalue weighted by molar-refractivity contribution is 0.102. The Labute approximate surface area is 160 Å². The largest absolute Gasteiger partial charge is 0.293 e. The first kappa shape index (κ1) is 18.4. The molecule has 1 aromatic heterocycles. The molecule has 6 heteroatoms. The third-order valence-electron chi connectivity index (χ3n) is 3.75. The molecule has 0 atom stereocenters. The average Bonchev–Trinajstić information content (AvgIpc) is 2.63. The third-order valence-corrected chi connectivity index (χ3v) is 4.98. The van der Waals surface area contributed by atoms with Crippen molar-refractivity contribution in [3.05, 3.63) is 81.6 Å². The van der Waals surface area contributed by atoms with Gasteiger partial charge >= 0.3 is 0 Å². The molecule has 1 heterocycles. The van der Waals surface area contributed by atoms with Gasteiger partial charge in [-0.2, -0.15) is 0 Å². The summed E-state index contributed by atoms with van der Waals surface area (Å²) in [6.45, 7) is 6.11. The van der Waals surface area contributed by atoms with Crippen LogP contribution in [0.2, 0.25) is 5.02 Å². The predicted octanol–water partition coefficient (Wildman–Crippen LogP) is 4.60. The van der Waals surface area contributed by atoms with Gasteiger partial charge in [-0.15, -0.1) is 0 Å². The number of thioether (sulfide) groups is 1. The molecule has 26 heavy (non-hydrogen) atoms. The van der Waals surface area contributed by atoms with Crippen LogP contribution in [-0.2, 0) is 6.54 Å². The standard InChI is InChI=1S/C20H17ClN2O2S/c1-13(2)11-23-19(25)16-5-3-4-6-17(16)22-20(23)26-12-18(24)14-7-9-15(21)10-8-14/h3-10H,1,11-12H2,2H3. The van der Waals surface area contributed by atoms with E-state index in [-0.39, 0.29) is 17.1 Å². The number of nitrogens with zero attached hydrogens (tertiary/aromatic N) is 2. The van der Waals surface area contributed by atoms with Gasteiger partial charge in [-0.3, -0.25) is 14.2 Å². The highest BCUT2D eigenvalue weighted by Gasteiger charge is 2.14. The van der Waals surface area contributed by atoms with Gasteiger partial charge in [-0.25, -0.2) is 4.98 Å². The fourth-order valence-corrected chi connectivity index (χ4v) is 3.54. The summed E-state index contributed by atoms with van der Waals surface area (Å²) >= 11 is 7.11. The zero-order valence-electron chi connectivity index (χ0n) is 14.2. The topological polar surface area (TPSA) is 52.0 Å². The Morgan fingerprint density at radius 2 is 1.88 bits per heavy atom. The van der Waals surface area contributed by atoms with E-state index in [2.05, 4.69) is 11.6 Å². The molecule has 0 aliphatic rings. The lowest BCUT2D eigenvalue weighted by Crippen LogP contribution is -2.24. The van der Waals surface area contributed by atoms with Gasteiger partial charge < -0.3 is 0 Å². The molecule has 4 nitrogen and oxygen atoms in total. The molecule has 2 aromatic carbocycles. The highest BCUT2D eigenvalue weighted by Crippen LogP contribution is 2.20. The number of rotatable bonds is 6. The van der Waals surface area contributed by atoms with Crippen molar-refractivity contribution in [2.75, 3.05) is 5.75 Å². The number of para-hydroxylation sites is 1. The van der Waals surface area contributed by atoms with Crippen LogP contribution in [0.1, 0.15) is 17.3 Å². The van der Waals surface area contributed by atoms with Crippen molar-refractivity contribution >= 4 is 40.0 Å². The predicted molar refractivity (Wildman–Crippen MR) is 107 cm³/mol. The SMILES string of the molecule is C=C(C)Cn1c(SCC(=O)c2ccc(Cl)cc2)nc2ccccc2c1=O. The van der Waals surface area contributed by atoms with Crippen molar-refractivity contribution in [1.82, 2.24) is 9.55 Å². The van der Waals surface area contributed by atoms with Gasteiger partial charge in [0.1, 0.15) is 0 Å². The zero-order valence-corrected chi connectivity index (χ0v) is 15.8. The maximum Gasteiger partial charge on any atom is 0.262 e. The van der Waals surface area contributed by atoms with Gasteiger partial charge in [0.15, 0.2) is 10.9 Å². The molecule has 0 spiro atoms. The van der Waals surface area contributed by atoms with Crippen LogP contribution >= 0.6 is 23.4 Å². The van der Waals surface area contributed by atoms with E-state index < -0.39 is 0 Å². The lowest BCUT2D eigenvalue weighted by atomic mass is 10.1. The quantitative estimate of drug-likeness (QED) is 0.270. The molecule has 0 fully saturated rings. The maximum atomic E-state index is 12.8. The van der Waals surface area contributed by atoms with E-state index in [0.717, 1.165) is 5.57 Å². The van der Waals surface area contributed by atoms with E-state index >= 15 is 0 Å². The number of fused-ring (bicyclic) bond motifs is 1. The molecule has 3 rings (SSSR count). The van der Waals surface area contributed by atoms with Gasteiger partial charge in [0.05, 0.1) is 16.7 Å². The van der Waals surface area contributed by atoms with Crippen molar-refractivity contribution in [2.45, 2.75) is 18.6 Å². The van der Waals surface area contributed by atoms with Crippen LogP contribution in [0.3, 0.4) is 0 Å². The molecule has 132 valence electrons. The minimum atomic E-state index is -0.125. The van der Waals surface area contributed by atoms with E-state index in [9.17, 15) is 9.59 Å². The summed E-state index contributed by atoms with van der Waals surface area (Å²) < 4.78 is 1.57. The molecule has 0 bridgehead atoms. The minimum Gasteiger partial charge on any atom is -0.293 e. The number of hydrogen-bond acceptors (Lipinski definition) is 4.